The lowest BCUT2D eigenvalue weighted by atomic mass is 9.48. The lowest BCUT2D eigenvalue weighted by Crippen LogP contribution is -2.79. The second-order valence-corrected chi connectivity index (χ2v) is 9.00. The van der Waals surface area contributed by atoms with Crippen molar-refractivity contribution in [3.05, 3.63) is 35.9 Å². The Labute approximate surface area is 166 Å². The molecule has 1 aromatic rings. The number of nitrogens with zero attached hydrogens (tertiary/aromatic N) is 2. The highest BCUT2D eigenvalue weighted by Gasteiger charge is 2.76. The molecule has 3 heterocycles. The number of benzene rings is 1. The van der Waals surface area contributed by atoms with Gasteiger partial charge < -0.3 is 25.0 Å². The van der Waals surface area contributed by atoms with E-state index in [1.165, 1.54) is 5.56 Å². The summed E-state index contributed by atoms with van der Waals surface area (Å²) in [5, 5.41) is 33.7. The zero-order valence-electron chi connectivity index (χ0n) is 16.8. The van der Waals surface area contributed by atoms with E-state index in [9.17, 15) is 15.3 Å². The number of aliphatic hydroxyl groups excluding tert-OH is 2. The maximum Gasteiger partial charge on any atom is 0.135 e. The topological polar surface area (TPSA) is 76.4 Å². The van der Waals surface area contributed by atoms with E-state index in [0.29, 0.717) is 6.42 Å². The summed E-state index contributed by atoms with van der Waals surface area (Å²) in [7, 11) is 3.62. The van der Waals surface area contributed by atoms with Crippen molar-refractivity contribution in [3.8, 4) is 5.75 Å². The Kier molecular flexibility index (Phi) is 3.77. The largest absolute Gasteiger partial charge is 0.497 e. The smallest absolute Gasteiger partial charge is 0.135 e. The first kappa shape index (κ1) is 18.4. The highest BCUT2D eigenvalue weighted by Crippen LogP contribution is 2.66. The van der Waals surface area contributed by atoms with Gasteiger partial charge in [-0.15, -0.1) is 0 Å². The van der Waals surface area contributed by atoms with Gasteiger partial charge in [-0.3, -0.25) is 4.90 Å². The van der Waals surface area contributed by atoms with Gasteiger partial charge in [-0.1, -0.05) is 25.1 Å². The Morgan fingerprint density at radius 2 is 2.07 bits per heavy atom. The lowest BCUT2D eigenvalue weighted by molar-refractivity contribution is -0.213. The zero-order valence-corrected chi connectivity index (χ0v) is 16.8. The van der Waals surface area contributed by atoms with E-state index in [0.717, 1.165) is 30.9 Å². The van der Waals surface area contributed by atoms with Crippen LogP contribution in [0, 0.1) is 5.41 Å². The second-order valence-electron chi connectivity index (χ2n) is 9.00. The van der Waals surface area contributed by atoms with Gasteiger partial charge in [0, 0.05) is 42.2 Å². The SMILES string of the molecule is CC[C@]12C=CCN3CC[C@@]4(c5ccc(OC)cc5N(C)[C@H]4[C@](O)(CO)[C@@H]1O)C32. The van der Waals surface area contributed by atoms with Gasteiger partial charge in [-0.2, -0.15) is 0 Å². The van der Waals surface area contributed by atoms with E-state index < -0.39 is 29.8 Å². The third-order valence-corrected chi connectivity index (χ3v) is 8.23. The summed E-state index contributed by atoms with van der Waals surface area (Å²) >= 11 is 0. The van der Waals surface area contributed by atoms with Gasteiger partial charge in [0.2, 0.25) is 0 Å². The maximum atomic E-state index is 11.8. The Balaban J connectivity index is 1.83. The van der Waals surface area contributed by atoms with Crippen LogP contribution < -0.4 is 9.64 Å². The molecule has 1 aromatic carbocycles. The standard InChI is InChI=1S/C22H30N2O4/c1-4-20-8-5-10-24-11-9-21(17(20)24)15-7-6-14(28-3)12-16(15)23(2)18(21)22(27,13-25)19(20)26/h5-8,12,17-19,25-27H,4,9-11,13H2,1-3H3/t17?,18-,19-,20-,21-,22-/m1/s1. The number of hydrogen-bond donors (Lipinski definition) is 3. The van der Waals surface area contributed by atoms with E-state index in [1.54, 1.807) is 7.11 Å². The summed E-state index contributed by atoms with van der Waals surface area (Å²) in [6, 6.07) is 5.81. The van der Waals surface area contributed by atoms with Gasteiger partial charge in [0.15, 0.2) is 0 Å². The monoisotopic (exact) mass is 386 g/mol. The molecule has 1 unspecified atom stereocenters. The van der Waals surface area contributed by atoms with Crippen LogP contribution in [0.2, 0.25) is 0 Å². The van der Waals surface area contributed by atoms with Crippen LogP contribution in [0.4, 0.5) is 5.69 Å². The molecule has 2 fully saturated rings. The van der Waals surface area contributed by atoms with Crippen LogP contribution in [0.1, 0.15) is 25.3 Å². The fourth-order valence-electron chi connectivity index (χ4n) is 7.27. The highest BCUT2D eigenvalue weighted by atomic mass is 16.5. The van der Waals surface area contributed by atoms with Gasteiger partial charge in [0.05, 0.1) is 25.9 Å². The maximum absolute atomic E-state index is 11.8. The number of ether oxygens (including phenoxy) is 1. The first-order chi connectivity index (χ1) is 13.4. The van der Waals surface area contributed by atoms with Crippen molar-refractivity contribution in [1.29, 1.82) is 0 Å². The highest BCUT2D eigenvalue weighted by molar-refractivity contribution is 5.70. The average Bonchev–Trinajstić information content (AvgIpc) is 3.23. The van der Waals surface area contributed by atoms with Gasteiger partial charge in [-0.05, 0) is 31.0 Å². The number of likely N-dealkylation sites (N-methyl/N-ethyl adjacent to an activating group) is 1. The number of methoxy groups -OCH3 is 1. The van der Waals surface area contributed by atoms with E-state index in [2.05, 4.69) is 34.9 Å². The zero-order chi connectivity index (χ0) is 19.9. The van der Waals surface area contributed by atoms with Crippen LogP contribution in [0.25, 0.3) is 0 Å². The molecule has 3 aliphatic heterocycles. The fourth-order valence-corrected chi connectivity index (χ4v) is 7.27. The van der Waals surface area contributed by atoms with Crippen molar-refractivity contribution in [2.45, 2.75) is 49.0 Å². The summed E-state index contributed by atoms with van der Waals surface area (Å²) in [5.41, 5.74) is -0.351. The summed E-state index contributed by atoms with van der Waals surface area (Å²) in [6.45, 7) is 3.38. The number of aliphatic hydroxyl groups is 3. The van der Waals surface area contributed by atoms with Crippen LogP contribution in [-0.4, -0.2) is 77.9 Å². The molecule has 3 N–H and O–H groups in total. The van der Waals surface area contributed by atoms with Crippen molar-refractivity contribution in [2.75, 3.05) is 38.8 Å². The molecule has 0 amide bonds. The van der Waals surface area contributed by atoms with Gasteiger partial charge >= 0.3 is 0 Å². The molecule has 152 valence electrons. The molecule has 6 atom stereocenters. The number of hydrogen-bond acceptors (Lipinski definition) is 6. The Morgan fingerprint density at radius 3 is 2.75 bits per heavy atom. The molecule has 0 radical (unpaired) electrons. The molecule has 4 aliphatic rings. The van der Waals surface area contributed by atoms with E-state index in [4.69, 9.17) is 4.74 Å². The predicted molar refractivity (Wildman–Crippen MR) is 107 cm³/mol. The Bertz CT molecular complexity index is 844. The molecule has 1 aliphatic carbocycles. The van der Waals surface area contributed by atoms with Crippen LogP contribution in [0.15, 0.2) is 30.4 Å². The van der Waals surface area contributed by atoms with Gasteiger partial charge in [-0.25, -0.2) is 0 Å². The molecule has 1 saturated carbocycles. The van der Waals surface area contributed by atoms with Crippen molar-refractivity contribution in [1.82, 2.24) is 4.90 Å². The van der Waals surface area contributed by atoms with Crippen LogP contribution in [-0.2, 0) is 5.41 Å². The fraction of sp³-hybridized carbons (Fsp3) is 0.636. The minimum atomic E-state index is -1.62. The molecule has 5 rings (SSSR count). The minimum absolute atomic E-state index is 0.0823. The summed E-state index contributed by atoms with van der Waals surface area (Å²) < 4.78 is 5.46. The molecule has 1 spiro atoms. The summed E-state index contributed by atoms with van der Waals surface area (Å²) in [4.78, 5) is 4.53. The van der Waals surface area contributed by atoms with Crippen LogP contribution in [0.5, 0.6) is 5.75 Å². The van der Waals surface area contributed by atoms with Crippen molar-refractivity contribution in [3.63, 3.8) is 0 Å². The molecule has 6 nitrogen and oxygen atoms in total. The Hall–Kier alpha value is -1.60. The van der Waals surface area contributed by atoms with Crippen molar-refractivity contribution in [2.24, 2.45) is 5.41 Å². The molecule has 28 heavy (non-hydrogen) atoms. The third kappa shape index (κ3) is 1.79. The number of rotatable bonds is 3. The van der Waals surface area contributed by atoms with Gasteiger partial charge in [0.1, 0.15) is 11.4 Å². The molecular formula is C22H30N2O4. The van der Waals surface area contributed by atoms with Crippen LogP contribution >= 0.6 is 0 Å². The molecular weight excluding hydrogens is 356 g/mol. The summed E-state index contributed by atoms with van der Waals surface area (Å²) in [6.07, 6.45) is 4.79. The average molecular weight is 386 g/mol. The van der Waals surface area contributed by atoms with Crippen molar-refractivity contribution >= 4 is 5.69 Å². The first-order valence-electron chi connectivity index (χ1n) is 10.2. The number of fused-ring (bicyclic) bond motifs is 1. The Morgan fingerprint density at radius 1 is 1.29 bits per heavy atom. The quantitative estimate of drug-likeness (QED) is 0.670. The third-order valence-electron chi connectivity index (χ3n) is 8.23. The normalized spacial score (nSPS) is 43.6. The second kappa shape index (κ2) is 5.72. The molecule has 0 bridgehead atoms. The molecule has 0 aromatic heterocycles. The van der Waals surface area contributed by atoms with E-state index in [-0.39, 0.29) is 11.5 Å². The molecule has 6 heteroatoms. The lowest BCUT2D eigenvalue weighted by Gasteiger charge is -2.63. The van der Waals surface area contributed by atoms with Gasteiger partial charge in [0.25, 0.3) is 0 Å². The minimum Gasteiger partial charge on any atom is -0.497 e. The number of anilines is 1. The predicted octanol–water partition coefficient (Wildman–Crippen LogP) is 0.890. The van der Waals surface area contributed by atoms with E-state index >= 15 is 0 Å². The van der Waals surface area contributed by atoms with Crippen molar-refractivity contribution < 1.29 is 20.1 Å². The molecule has 1 saturated heterocycles. The summed E-state index contributed by atoms with van der Waals surface area (Å²) in [5.74, 6) is 0.772. The van der Waals surface area contributed by atoms with Crippen LogP contribution in [0.3, 0.4) is 0 Å². The van der Waals surface area contributed by atoms with E-state index in [1.807, 2.05) is 19.2 Å². The first-order valence-corrected chi connectivity index (χ1v) is 10.2.